The molecule has 0 aliphatic heterocycles. The standard InChI is InChI=1S/C28H39ClN2O4/c1-9-24(26(34)31-22-15-20(29)21(16-23(22)33)30-17(4)32)35-25-13-12-18(27(5,6)10-2)14-19(25)28(7,8)11-3/h12-16,24,33H,9-11H2,1-8H3,(H,30,32)(H,31,34). The molecule has 0 spiro atoms. The molecule has 2 aromatic rings. The SMILES string of the molecule is CCC(Oc1ccc(C(C)(C)CC)cc1C(C)(C)CC)C(=O)Nc1cc(Cl)c(NC(C)=O)cc1O. The van der Waals surface area contributed by atoms with Crippen molar-refractivity contribution in [3.05, 3.63) is 46.5 Å². The molecule has 0 fully saturated rings. The van der Waals surface area contributed by atoms with Gasteiger partial charge in [0.1, 0.15) is 11.5 Å². The molecule has 0 heterocycles. The second kappa shape index (κ2) is 11.3. The van der Waals surface area contributed by atoms with Crippen molar-refractivity contribution in [2.75, 3.05) is 10.6 Å². The van der Waals surface area contributed by atoms with Crippen LogP contribution in [0.4, 0.5) is 11.4 Å². The Morgan fingerprint density at radius 2 is 1.60 bits per heavy atom. The first-order chi connectivity index (χ1) is 16.2. The van der Waals surface area contributed by atoms with Gasteiger partial charge in [0.25, 0.3) is 5.91 Å². The Labute approximate surface area is 214 Å². The van der Waals surface area contributed by atoms with Crippen molar-refractivity contribution in [3.8, 4) is 11.5 Å². The largest absolute Gasteiger partial charge is 0.506 e. The third-order valence-electron chi connectivity index (χ3n) is 6.84. The Morgan fingerprint density at radius 1 is 0.971 bits per heavy atom. The summed E-state index contributed by atoms with van der Waals surface area (Å²) >= 11 is 6.21. The van der Waals surface area contributed by atoms with Gasteiger partial charge < -0.3 is 20.5 Å². The van der Waals surface area contributed by atoms with Crippen LogP contribution in [0.2, 0.25) is 5.02 Å². The number of hydrogen-bond acceptors (Lipinski definition) is 4. The molecule has 1 unspecified atom stereocenters. The van der Waals surface area contributed by atoms with E-state index in [0.717, 1.165) is 18.4 Å². The lowest BCUT2D eigenvalue weighted by atomic mass is 9.76. The Hall–Kier alpha value is -2.73. The fraction of sp³-hybridized carbons (Fsp3) is 0.500. The number of aromatic hydroxyl groups is 1. The molecular weight excluding hydrogens is 464 g/mol. The average Bonchev–Trinajstić information content (AvgIpc) is 2.80. The van der Waals surface area contributed by atoms with Crippen molar-refractivity contribution in [1.82, 2.24) is 0 Å². The second-order valence-electron chi connectivity index (χ2n) is 10.2. The maximum atomic E-state index is 13.1. The van der Waals surface area contributed by atoms with E-state index in [9.17, 15) is 14.7 Å². The lowest BCUT2D eigenvalue weighted by molar-refractivity contribution is -0.123. The maximum Gasteiger partial charge on any atom is 0.265 e. The van der Waals surface area contributed by atoms with E-state index < -0.39 is 12.0 Å². The van der Waals surface area contributed by atoms with Crippen molar-refractivity contribution in [1.29, 1.82) is 0 Å². The minimum absolute atomic E-state index is 0.0266. The summed E-state index contributed by atoms with van der Waals surface area (Å²) in [7, 11) is 0. The van der Waals surface area contributed by atoms with Crippen molar-refractivity contribution in [2.24, 2.45) is 0 Å². The van der Waals surface area contributed by atoms with Gasteiger partial charge in [-0.2, -0.15) is 0 Å². The van der Waals surface area contributed by atoms with Crippen LogP contribution in [0.3, 0.4) is 0 Å². The van der Waals surface area contributed by atoms with Gasteiger partial charge in [-0.3, -0.25) is 9.59 Å². The number of ether oxygens (including phenoxy) is 1. The predicted octanol–water partition coefficient (Wildman–Crippen LogP) is 7.18. The smallest absolute Gasteiger partial charge is 0.265 e. The highest BCUT2D eigenvalue weighted by molar-refractivity contribution is 6.34. The Bertz CT molecular complexity index is 1080. The summed E-state index contributed by atoms with van der Waals surface area (Å²) in [4.78, 5) is 24.4. The van der Waals surface area contributed by atoms with Crippen LogP contribution >= 0.6 is 11.6 Å². The number of rotatable bonds is 10. The van der Waals surface area contributed by atoms with Crippen LogP contribution in [0.15, 0.2) is 30.3 Å². The summed E-state index contributed by atoms with van der Waals surface area (Å²) in [6.07, 6.45) is 1.57. The minimum atomic E-state index is -0.778. The summed E-state index contributed by atoms with van der Waals surface area (Å²) in [6.45, 7) is 16.3. The van der Waals surface area contributed by atoms with Gasteiger partial charge in [-0.1, -0.05) is 72.2 Å². The quantitative estimate of drug-likeness (QED) is 0.300. The van der Waals surface area contributed by atoms with Crippen LogP contribution in [-0.4, -0.2) is 23.0 Å². The second-order valence-corrected chi connectivity index (χ2v) is 10.6. The first-order valence-corrected chi connectivity index (χ1v) is 12.6. The molecule has 3 N–H and O–H groups in total. The number of carbonyl (C=O) groups is 2. The third kappa shape index (κ3) is 6.91. The summed E-state index contributed by atoms with van der Waals surface area (Å²) in [5, 5.41) is 15.8. The van der Waals surface area contributed by atoms with E-state index >= 15 is 0 Å². The number of phenolic OH excluding ortho intramolecular Hbond substituents is 1. The predicted molar refractivity (Wildman–Crippen MR) is 144 cm³/mol. The van der Waals surface area contributed by atoms with E-state index in [1.165, 1.54) is 24.6 Å². The summed E-state index contributed by atoms with van der Waals surface area (Å²) in [5.41, 5.74) is 2.59. The van der Waals surface area contributed by atoms with Gasteiger partial charge in [0, 0.05) is 18.6 Å². The molecule has 1 atom stereocenters. The monoisotopic (exact) mass is 502 g/mol. The number of nitrogens with one attached hydrogen (secondary N) is 2. The highest BCUT2D eigenvalue weighted by Gasteiger charge is 2.29. The van der Waals surface area contributed by atoms with E-state index in [1.807, 2.05) is 13.0 Å². The van der Waals surface area contributed by atoms with E-state index in [0.29, 0.717) is 12.2 Å². The number of benzene rings is 2. The highest BCUT2D eigenvalue weighted by Crippen LogP contribution is 2.39. The van der Waals surface area contributed by atoms with Gasteiger partial charge in [-0.15, -0.1) is 0 Å². The zero-order chi connectivity index (χ0) is 26.6. The Morgan fingerprint density at radius 3 is 2.14 bits per heavy atom. The molecule has 0 aliphatic carbocycles. The molecule has 2 rings (SSSR count). The normalized spacial score (nSPS) is 12.7. The molecule has 2 amide bonds. The number of halogens is 1. The minimum Gasteiger partial charge on any atom is -0.506 e. The van der Waals surface area contributed by atoms with Gasteiger partial charge in [-0.25, -0.2) is 0 Å². The Kier molecular flexibility index (Phi) is 9.23. The molecule has 0 bridgehead atoms. The molecule has 0 saturated heterocycles. The molecule has 0 saturated carbocycles. The summed E-state index contributed by atoms with van der Waals surface area (Å²) < 4.78 is 6.28. The first kappa shape index (κ1) is 28.5. The number of amides is 2. The zero-order valence-corrected chi connectivity index (χ0v) is 22.9. The molecule has 0 aliphatic rings. The van der Waals surface area contributed by atoms with Crippen molar-refractivity contribution in [2.45, 2.75) is 91.6 Å². The molecular formula is C28H39ClN2O4. The number of hydrogen-bond donors (Lipinski definition) is 3. The van der Waals surface area contributed by atoms with Crippen LogP contribution in [0.5, 0.6) is 11.5 Å². The molecule has 2 aromatic carbocycles. The van der Waals surface area contributed by atoms with Gasteiger partial charge in [-0.05, 0) is 47.8 Å². The van der Waals surface area contributed by atoms with Crippen LogP contribution in [0.1, 0.15) is 85.8 Å². The van der Waals surface area contributed by atoms with E-state index in [2.05, 4.69) is 64.3 Å². The van der Waals surface area contributed by atoms with E-state index in [4.69, 9.17) is 16.3 Å². The topological polar surface area (TPSA) is 87.7 Å². The maximum absolute atomic E-state index is 13.1. The molecule has 6 nitrogen and oxygen atoms in total. The summed E-state index contributed by atoms with van der Waals surface area (Å²) in [5.74, 6) is -0.246. The lowest BCUT2D eigenvalue weighted by Gasteiger charge is -2.31. The summed E-state index contributed by atoms with van der Waals surface area (Å²) in [6, 6.07) is 8.95. The molecule has 7 heteroatoms. The third-order valence-corrected chi connectivity index (χ3v) is 7.16. The van der Waals surface area contributed by atoms with Gasteiger partial charge in [0.15, 0.2) is 6.10 Å². The van der Waals surface area contributed by atoms with Crippen LogP contribution < -0.4 is 15.4 Å². The molecule has 35 heavy (non-hydrogen) atoms. The van der Waals surface area contributed by atoms with Crippen molar-refractivity contribution in [3.63, 3.8) is 0 Å². The van der Waals surface area contributed by atoms with Gasteiger partial charge in [0.2, 0.25) is 5.91 Å². The number of anilines is 2. The Balaban J connectivity index is 2.35. The molecule has 0 radical (unpaired) electrons. The fourth-order valence-electron chi connectivity index (χ4n) is 3.61. The van der Waals surface area contributed by atoms with E-state index in [1.54, 1.807) is 0 Å². The molecule has 192 valence electrons. The van der Waals surface area contributed by atoms with Crippen LogP contribution in [-0.2, 0) is 20.4 Å². The van der Waals surface area contributed by atoms with Gasteiger partial charge >= 0.3 is 0 Å². The van der Waals surface area contributed by atoms with E-state index in [-0.39, 0.29) is 38.9 Å². The van der Waals surface area contributed by atoms with Gasteiger partial charge in [0.05, 0.1) is 16.4 Å². The van der Waals surface area contributed by atoms with Crippen molar-refractivity contribution < 1.29 is 19.4 Å². The lowest BCUT2D eigenvalue weighted by Crippen LogP contribution is -2.33. The first-order valence-electron chi connectivity index (χ1n) is 12.2. The fourth-order valence-corrected chi connectivity index (χ4v) is 3.82. The average molecular weight is 503 g/mol. The zero-order valence-electron chi connectivity index (χ0n) is 22.1. The van der Waals surface area contributed by atoms with Crippen LogP contribution in [0.25, 0.3) is 0 Å². The number of carbonyl (C=O) groups excluding carboxylic acids is 2. The van der Waals surface area contributed by atoms with Crippen LogP contribution in [0, 0.1) is 0 Å². The number of phenols is 1. The molecule has 0 aromatic heterocycles. The highest BCUT2D eigenvalue weighted by atomic mass is 35.5. The van der Waals surface area contributed by atoms with Crippen molar-refractivity contribution >= 4 is 34.8 Å².